The van der Waals surface area contributed by atoms with Gasteiger partial charge in [-0.05, 0) is 18.2 Å². The van der Waals surface area contributed by atoms with Gasteiger partial charge in [-0.25, -0.2) is 27.2 Å². The molecule has 1 aromatic heterocycles. The van der Waals surface area contributed by atoms with Gasteiger partial charge in [0, 0.05) is 11.1 Å². The van der Waals surface area contributed by atoms with E-state index in [1.165, 1.54) is 0 Å². The van der Waals surface area contributed by atoms with Crippen molar-refractivity contribution >= 4 is 32.4 Å². The van der Waals surface area contributed by atoms with Crippen LogP contribution in [0, 0.1) is 11.3 Å². The maximum Gasteiger partial charge on any atom is 0.270 e. The summed E-state index contributed by atoms with van der Waals surface area (Å²) in [6.45, 7) is 0. The van der Waals surface area contributed by atoms with Crippen LogP contribution >= 0.6 is 0 Å². The predicted molar refractivity (Wildman–Crippen MR) is 109 cm³/mol. The summed E-state index contributed by atoms with van der Waals surface area (Å²) in [5, 5.41) is 12.9. The zero-order chi connectivity index (χ0) is 23.5. The summed E-state index contributed by atoms with van der Waals surface area (Å²) in [6.07, 6.45) is 0.764. The Labute approximate surface area is 181 Å². The molecule has 32 heavy (non-hydrogen) atoms. The fourth-order valence-electron chi connectivity index (χ4n) is 2.61. The molecule has 0 aliphatic heterocycles. The van der Waals surface area contributed by atoms with E-state index in [-0.39, 0.29) is 17.2 Å². The van der Waals surface area contributed by atoms with Crippen molar-refractivity contribution in [3.05, 3.63) is 70.0 Å². The van der Waals surface area contributed by atoms with Crippen LogP contribution in [0.15, 0.2) is 68.2 Å². The molecular weight excluding hydrogens is 462 g/mol. The Morgan fingerprint density at radius 2 is 1.75 bits per heavy atom. The summed E-state index contributed by atoms with van der Waals surface area (Å²) < 4.78 is 67.8. The number of aromatic amines is 1. The van der Waals surface area contributed by atoms with Crippen LogP contribution < -0.4 is 11.0 Å². The Kier molecular flexibility index (Phi) is 6.18. The van der Waals surface area contributed by atoms with Crippen LogP contribution in [0.3, 0.4) is 0 Å². The van der Waals surface area contributed by atoms with Crippen molar-refractivity contribution in [2.75, 3.05) is 5.43 Å². The minimum absolute atomic E-state index is 0.0526. The van der Waals surface area contributed by atoms with Crippen molar-refractivity contribution in [2.45, 2.75) is 9.79 Å². The van der Waals surface area contributed by atoms with Gasteiger partial charge in [0.05, 0.1) is 21.7 Å². The molecule has 0 fully saturated rings. The molecule has 3 rings (SSSR count). The van der Waals surface area contributed by atoms with Crippen molar-refractivity contribution in [2.24, 2.45) is 5.10 Å². The average molecular weight is 473 g/mol. The van der Waals surface area contributed by atoms with Gasteiger partial charge in [0.2, 0.25) is 5.95 Å². The SMILES string of the molecule is N#Cc1c(-c2ccccc2)nc(NN=Cc2cc(S(=O)(=O)[O-])ccc2S(=O)(=O)[O-])[nH]c1=O. The Bertz CT molecular complexity index is 1520. The molecule has 3 aromatic rings. The normalized spacial score (nSPS) is 11.9. The largest absolute Gasteiger partial charge is 0.744 e. The first kappa shape index (κ1) is 22.8. The lowest BCUT2D eigenvalue weighted by Gasteiger charge is -2.13. The highest BCUT2D eigenvalue weighted by Gasteiger charge is 2.14. The van der Waals surface area contributed by atoms with Crippen molar-refractivity contribution in [3.63, 3.8) is 0 Å². The highest BCUT2D eigenvalue weighted by Crippen LogP contribution is 2.20. The number of nitrogens with one attached hydrogen (secondary N) is 2. The number of aromatic nitrogens is 2. The molecule has 14 heteroatoms. The van der Waals surface area contributed by atoms with E-state index in [1.54, 1.807) is 36.4 Å². The van der Waals surface area contributed by atoms with E-state index in [2.05, 4.69) is 20.5 Å². The minimum atomic E-state index is -5.02. The van der Waals surface area contributed by atoms with Crippen LogP contribution in [-0.4, -0.2) is 42.1 Å². The number of rotatable bonds is 6. The summed E-state index contributed by atoms with van der Waals surface area (Å²) in [4.78, 5) is 17.0. The Balaban J connectivity index is 2.02. The summed E-state index contributed by atoms with van der Waals surface area (Å²) >= 11 is 0. The van der Waals surface area contributed by atoms with E-state index >= 15 is 0 Å². The topological polar surface area (TPSA) is 208 Å². The first-order chi connectivity index (χ1) is 15.0. The summed E-state index contributed by atoms with van der Waals surface area (Å²) in [7, 11) is -9.96. The number of hydrogen-bond donors (Lipinski definition) is 2. The van der Waals surface area contributed by atoms with Gasteiger partial charge in [-0.3, -0.25) is 9.78 Å². The highest BCUT2D eigenvalue weighted by atomic mass is 32.2. The number of benzene rings is 2. The van der Waals surface area contributed by atoms with E-state index in [0.29, 0.717) is 23.8 Å². The number of nitriles is 1. The van der Waals surface area contributed by atoms with Crippen molar-refractivity contribution in [1.29, 1.82) is 5.26 Å². The third kappa shape index (κ3) is 5.04. The Hall–Kier alpha value is -3.90. The standard InChI is InChI=1S/C18H13N5O7S2/c19-9-14-16(11-4-2-1-3-5-11)21-18(22-17(14)24)23-20-10-12-8-13(31(25,26)27)6-7-15(12)32(28,29)30/h1-8,10H,(H,25,26,27)(H,28,29,30)(H2,21,22,23,24)/p-2. The third-order valence-corrected chi connectivity index (χ3v) is 5.73. The van der Waals surface area contributed by atoms with Gasteiger partial charge in [0.25, 0.3) is 5.56 Å². The van der Waals surface area contributed by atoms with E-state index in [9.17, 15) is 36.0 Å². The highest BCUT2D eigenvalue weighted by molar-refractivity contribution is 7.86. The van der Waals surface area contributed by atoms with Crippen molar-refractivity contribution in [1.82, 2.24) is 9.97 Å². The molecule has 0 atom stereocenters. The molecular formula is C18H11N5O7S2-2. The van der Waals surface area contributed by atoms with Gasteiger partial charge < -0.3 is 9.11 Å². The molecule has 0 saturated carbocycles. The van der Waals surface area contributed by atoms with Gasteiger partial charge in [0.1, 0.15) is 31.9 Å². The molecule has 0 aliphatic rings. The fraction of sp³-hybridized carbons (Fsp3) is 0. The molecule has 2 N–H and O–H groups in total. The van der Waals surface area contributed by atoms with Gasteiger partial charge in [-0.15, -0.1) is 0 Å². The molecule has 0 unspecified atom stereocenters. The van der Waals surface area contributed by atoms with Crippen LogP contribution in [0.5, 0.6) is 0 Å². The average Bonchev–Trinajstić information content (AvgIpc) is 2.72. The van der Waals surface area contributed by atoms with E-state index in [4.69, 9.17) is 0 Å². The van der Waals surface area contributed by atoms with Crippen LogP contribution in [0.25, 0.3) is 11.3 Å². The summed E-state index contributed by atoms with van der Waals surface area (Å²) in [6, 6.07) is 12.1. The zero-order valence-corrected chi connectivity index (χ0v) is 17.3. The number of hydrazone groups is 1. The first-order valence-corrected chi connectivity index (χ1v) is 11.3. The summed E-state index contributed by atoms with van der Waals surface area (Å²) in [5.74, 6) is -0.233. The molecule has 12 nitrogen and oxygen atoms in total. The second-order valence-electron chi connectivity index (χ2n) is 6.09. The number of nitrogens with zero attached hydrogens (tertiary/aromatic N) is 3. The van der Waals surface area contributed by atoms with Crippen LogP contribution in [0.1, 0.15) is 11.1 Å². The molecule has 0 radical (unpaired) electrons. The molecule has 0 amide bonds. The molecule has 0 aliphatic carbocycles. The lowest BCUT2D eigenvalue weighted by atomic mass is 10.1. The first-order valence-electron chi connectivity index (χ1n) is 8.45. The van der Waals surface area contributed by atoms with Crippen LogP contribution in [0.4, 0.5) is 5.95 Å². The number of hydrogen-bond acceptors (Lipinski definition) is 11. The van der Waals surface area contributed by atoms with Crippen LogP contribution in [-0.2, 0) is 20.2 Å². The third-order valence-electron chi connectivity index (χ3n) is 3.99. The molecule has 0 saturated heterocycles. The van der Waals surface area contributed by atoms with Gasteiger partial charge in [-0.1, -0.05) is 30.3 Å². The number of H-pyrrole nitrogens is 1. The quantitative estimate of drug-likeness (QED) is 0.289. The second-order valence-corrected chi connectivity index (χ2v) is 8.82. The maximum atomic E-state index is 12.2. The van der Waals surface area contributed by atoms with Crippen LogP contribution in [0.2, 0.25) is 0 Å². The second kappa shape index (κ2) is 8.69. The molecule has 1 heterocycles. The van der Waals surface area contributed by atoms with Crippen molar-refractivity contribution < 1.29 is 25.9 Å². The molecule has 2 aromatic carbocycles. The van der Waals surface area contributed by atoms with Gasteiger partial charge in [-0.2, -0.15) is 10.4 Å². The molecule has 164 valence electrons. The summed E-state index contributed by atoms with van der Waals surface area (Å²) in [5.41, 5.74) is 1.31. The van der Waals surface area contributed by atoms with Crippen molar-refractivity contribution in [3.8, 4) is 17.3 Å². The smallest absolute Gasteiger partial charge is 0.270 e. The molecule has 0 spiro atoms. The van der Waals surface area contributed by atoms with Gasteiger partial charge in [0.15, 0.2) is 0 Å². The lowest BCUT2D eigenvalue weighted by molar-refractivity contribution is 0.458. The van der Waals surface area contributed by atoms with E-state index in [0.717, 1.165) is 6.21 Å². The molecule has 0 bridgehead atoms. The number of anilines is 1. The van der Waals surface area contributed by atoms with E-state index < -0.39 is 41.1 Å². The monoisotopic (exact) mass is 473 g/mol. The Morgan fingerprint density at radius 3 is 2.34 bits per heavy atom. The lowest BCUT2D eigenvalue weighted by Crippen LogP contribution is -2.16. The predicted octanol–water partition coefficient (Wildman–Crippen LogP) is 0.563. The van der Waals surface area contributed by atoms with Gasteiger partial charge >= 0.3 is 0 Å². The zero-order valence-electron chi connectivity index (χ0n) is 15.7. The Morgan fingerprint density at radius 1 is 1.06 bits per heavy atom. The minimum Gasteiger partial charge on any atom is -0.744 e. The maximum absolute atomic E-state index is 12.2. The fourth-order valence-corrected chi connectivity index (χ4v) is 3.75. The van der Waals surface area contributed by atoms with E-state index in [1.807, 2.05) is 0 Å².